The number of carbonyl (C=O) groups is 2. The molecule has 0 saturated heterocycles. The number of amides is 1. The Kier molecular flexibility index (Phi) is 3.92. The van der Waals surface area contributed by atoms with Gasteiger partial charge in [-0.15, -0.1) is 0 Å². The fraction of sp³-hybridized carbons (Fsp3) is 0.462. The zero-order valence-electron chi connectivity index (χ0n) is 9.96. The largest absolute Gasteiger partial charge is 0.550 e. The van der Waals surface area contributed by atoms with Gasteiger partial charge in [0.1, 0.15) is 5.82 Å². The van der Waals surface area contributed by atoms with E-state index in [-0.39, 0.29) is 5.91 Å². The summed E-state index contributed by atoms with van der Waals surface area (Å²) in [5, 5.41) is 13.7. The number of nitrogens with one attached hydrogen (secondary N) is 1. The number of carboxylic acid groups (broad SMARTS) is 1. The molecule has 5 nitrogen and oxygen atoms in total. The van der Waals surface area contributed by atoms with Crippen molar-refractivity contribution in [3.05, 3.63) is 24.4 Å². The molecular weight excluding hydrogens is 232 g/mol. The van der Waals surface area contributed by atoms with E-state index in [4.69, 9.17) is 0 Å². The van der Waals surface area contributed by atoms with Crippen LogP contribution in [0.15, 0.2) is 24.4 Å². The Morgan fingerprint density at radius 1 is 1.22 bits per heavy atom. The lowest BCUT2D eigenvalue weighted by Crippen LogP contribution is -2.42. The molecule has 1 aromatic heterocycles. The summed E-state index contributed by atoms with van der Waals surface area (Å²) in [6.07, 6.45) is 4.41. The van der Waals surface area contributed by atoms with Gasteiger partial charge in [0, 0.05) is 24.0 Å². The highest BCUT2D eigenvalue weighted by molar-refractivity contribution is 5.94. The minimum atomic E-state index is -1.13. The number of nitrogens with zero attached hydrogens (tertiary/aromatic N) is 1. The van der Waals surface area contributed by atoms with Crippen molar-refractivity contribution in [2.45, 2.75) is 25.7 Å². The Hall–Kier alpha value is -1.91. The highest BCUT2D eigenvalue weighted by Crippen LogP contribution is 2.30. The monoisotopic (exact) mass is 247 g/mol. The Balaban J connectivity index is 2.05. The molecule has 0 bridgehead atoms. The molecule has 1 fully saturated rings. The Morgan fingerprint density at radius 3 is 2.56 bits per heavy atom. The van der Waals surface area contributed by atoms with E-state index in [2.05, 4.69) is 10.3 Å². The van der Waals surface area contributed by atoms with Crippen LogP contribution >= 0.6 is 0 Å². The summed E-state index contributed by atoms with van der Waals surface area (Å²) < 4.78 is 0. The fourth-order valence-corrected chi connectivity index (χ4v) is 2.38. The molecule has 1 heterocycles. The van der Waals surface area contributed by atoms with E-state index in [1.807, 2.05) is 0 Å². The third kappa shape index (κ3) is 2.85. The van der Waals surface area contributed by atoms with Crippen LogP contribution in [0.25, 0.3) is 0 Å². The average molecular weight is 247 g/mol. The molecule has 1 aromatic rings. The van der Waals surface area contributed by atoms with Gasteiger partial charge >= 0.3 is 0 Å². The second-order valence-corrected chi connectivity index (χ2v) is 4.52. The van der Waals surface area contributed by atoms with Crippen molar-refractivity contribution in [2.24, 2.45) is 11.8 Å². The summed E-state index contributed by atoms with van der Waals surface area (Å²) in [6.45, 7) is 0. The molecule has 1 amide bonds. The summed E-state index contributed by atoms with van der Waals surface area (Å²) in [6, 6.07) is 5.19. The molecule has 2 rings (SSSR count). The smallest absolute Gasteiger partial charge is 0.229 e. The summed E-state index contributed by atoms with van der Waals surface area (Å²) >= 11 is 0. The minimum absolute atomic E-state index is 0.275. The number of rotatable bonds is 3. The van der Waals surface area contributed by atoms with Crippen molar-refractivity contribution < 1.29 is 14.7 Å². The maximum absolute atomic E-state index is 12.0. The van der Waals surface area contributed by atoms with Gasteiger partial charge in [0.05, 0.1) is 0 Å². The molecule has 0 unspecified atom stereocenters. The molecule has 1 saturated carbocycles. The topological polar surface area (TPSA) is 82.1 Å². The number of pyridine rings is 1. The number of hydrogen-bond acceptors (Lipinski definition) is 4. The zero-order valence-corrected chi connectivity index (χ0v) is 9.96. The van der Waals surface area contributed by atoms with E-state index in [0.717, 1.165) is 12.8 Å². The predicted molar refractivity (Wildman–Crippen MR) is 63.3 cm³/mol. The van der Waals surface area contributed by atoms with Crippen LogP contribution in [-0.2, 0) is 9.59 Å². The van der Waals surface area contributed by atoms with E-state index in [1.54, 1.807) is 24.4 Å². The highest BCUT2D eigenvalue weighted by Gasteiger charge is 2.31. The van der Waals surface area contributed by atoms with Gasteiger partial charge in [0.25, 0.3) is 0 Å². The first-order valence-corrected chi connectivity index (χ1v) is 6.11. The summed E-state index contributed by atoms with van der Waals surface area (Å²) in [5.41, 5.74) is 0. The Morgan fingerprint density at radius 2 is 1.94 bits per heavy atom. The van der Waals surface area contributed by atoms with Crippen molar-refractivity contribution >= 4 is 17.7 Å². The molecule has 1 N–H and O–H groups in total. The molecule has 1 aliphatic rings. The van der Waals surface area contributed by atoms with E-state index in [0.29, 0.717) is 18.7 Å². The van der Waals surface area contributed by atoms with Crippen molar-refractivity contribution in [3.8, 4) is 0 Å². The van der Waals surface area contributed by atoms with E-state index in [9.17, 15) is 14.7 Å². The summed E-state index contributed by atoms with van der Waals surface area (Å²) in [5.74, 6) is -2.14. The summed E-state index contributed by atoms with van der Waals surface area (Å²) in [7, 11) is 0. The number of hydrogen-bond donors (Lipinski definition) is 1. The molecule has 0 aliphatic heterocycles. The van der Waals surface area contributed by atoms with Crippen LogP contribution in [0.4, 0.5) is 5.82 Å². The molecule has 2 atom stereocenters. The molecule has 0 spiro atoms. The third-order valence-corrected chi connectivity index (χ3v) is 3.32. The minimum Gasteiger partial charge on any atom is -0.550 e. The van der Waals surface area contributed by atoms with Crippen molar-refractivity contribution in [2.75, 3.05) is 5.32 Å². The molecule has 5 heteroatoms. The standard InChI is InChI=1S/C13H16N2O3/c16-12(15-11-7-3-4-8-14-11)9-5-1-2-6-10(9)13(17)18/h3-4,7-10H,1-2,5-6H2,(H,17,18)(H,14,15,16)/p-1/t9-,10-/m1/s1. The predicted octanol–water partition coefficient (Wildman–Crippen LogP) is 0.576. The van der Waals surface area contributed by atoms with Crippen LogP contribution in [0, 0.1) is 11.8 Å². The maximum atomic E-state index is 12.0. The van der Waals surface area contributed by atoms with Gasteiger partial charge in [0.15, 0.2) is 0 Å². The van der Waals surface area contributed by atoms with Crippen molar-refractivity contribution in [1.82, 2.24) is 4.98 Å². The van der Waals surface area contributed by atoms with Gasteiger partial charge in [0.2, 0.25) is 5.91 Å². The van der Waals surface area contributed by atoms with E-state index < -0.39 is 17.8 Å². The average Bonchev–Trinajstić information content (AvgIpc) is 2.40. The molecule has 0 radical (unpaired) electrons. The van der Waals surface area contributed by atoms with E-state index >= 15 is 0 Å². The number of aliphatic carboxylic acids is 1. The van der Waals surface area contributed by atoms with Crippen LogP contribution in [0.2, 0.25) is 0 Å². The zero-order chi connectivity index (χ0) is 13.0. The number of aromatic nitrogens is 1. The lowest BCUT2D eigenvalue weighted by Gasteiger charge is -2.30. The Bertz CT molecular complexity index is 433. The van der Waals surface area contributed by atoms with E-state index in [1.165, 1.54) is 0 Å². The van der Waals surface area contributed by atoms with Gasteiger partial charge in [-0.2, -0.15) is 0 Å². The third-order valence-electron chi connectivity index (χ3n) is 3.32. The highest BCUT2D eigenvalue weighted by atomic mass is 16.4. The van der Waals surface area contributed by atoms with Gasteiger partial charge in [-0.3, -0.25) is 4.79 Å². The van der Waals surface area contributed by atoms with Crippen LogP contribution in [0.3, 0.4) is 0 Å². The van der Waals surface area contributed by atoms with Gasteiger partial charge in [-0.25, -0.2) is 4.98 Å². The quantitative estimate of drug-likeness (QED) is 0.846. The lowest BCUT2D eigenvalue weighted by atomic mass is 9.79. The molecular formula is C13H15N2O3-. The lowest BCUT2D eigenvalue weighted by molar-refractivity contribution is -0.313. The number of carbonyl (C=O) groups excluding carboxylic acids is 2. The van der Waals surface area contributed by atoms with Crippen molar-refractivity contribution in [3.63, 3.8) is 0 Å². The molecule has 18 heavy (non-hydrogen) atoms. The van der Waals surface area contributed by atoms with Gasteiger partial charge in [-0.05, 0) is 25.0 Å². The van der Waals surface area contributed by atoms with Crippen LogP contribution in [0.5, 0.6) is 0 Å². The number of carboxylic acids is 1. The first-order valence-electron chi connectivity index (χ1n) is 6.11. The number of anilines is 1. The second kappa shape index (κ2) is 5.62. The Labute approximate surface area is 105 Å². The molecule has 96 valence electrons. The fourth-order valence-electron chi connectivity index (χ4n) is 2.38. The van der Waals surface area contributed by atoms with Crippen LogP contribution < -0.4 is 10.4 Å². The second-order valence-electron chi connectivity index (χ2n) is 4.52. The normalized spacial score (nSPS) is 23.3. The SMILES string of the molecule is O=C([O-])[C@@H]1CCCC[C@H]1C(=O)Nc1ccccn1. The maximum Gasteiger partial charge on any atom is 0.229 e. The first kappa shape index (κ1) is 12.5. The molecule has 1 aliphatic carbocycles. The van der Waals surface area contributed by atoms with Crippen LogP contribution in [-0.4, -0.2) is 16.9 Å². The molecule has 0 aromatic carbocycles. The first-order chi connectivity index (χ1) is 8.68. The van der Waals surface area contributed by atoms with Gasteiger partial charge < -0.3 is 15.2 Å². The summed E-state index contributed by atoms with van der Waals surface area (Å²) in [4.78, 5) is 27.0. The van der Waals surface area contributed by atoms with Gasteiger partial charge in [-0.1, -0.05) is 18.9 Å². The van der Waals surface area contributed by atoms with Crippen molar-refractivity contribution in [1.29, 1.82) is 0 Å². The van der Waals surface area contributed by atoms with Crippen LogP contribution in [0.1, 0.15) is 25.7 Å².